The fourth-order valence-electron chi connectivity index (χ4n) is 3.12. The van der Waals surface area contributed by atoms with Crippen molar-refractivity contribution in [1.29, 1.82) is 0 Å². The van der Waals surface area contributed by atoms with Gasteiger partial charge in [0.15, 0.2) is 0 Å². The molecule has 1 aliphatic heterocycles. The molecule has 0 atom stereocenters. The Balaban J connectivity index is 1.58. The molecule has 1 fully saturated rings. The number of hydrogen-bond donors (Lipinski definition) is 0. The number of ether oxygens (including phenoxy) is 1. The summed E-state index contributed by atoms with van der Waals surface area (Å²) in [6, 6.07) is 15.0. The van der Waals surface area contributed by atoms with Crippen molar-refractivity contribution in [2.75, 3.05) is 0 Å². The van der Waals surface area contributed by atoms with Gasteiger partial charge in [0.25, 0.3) is 11.1 Å². The standard InChI is InChI=1S/C24H13Cl3FNO4S/c25-14-8-9-15(18(27)11-14)23(31)33-20-7-2-1-4-13(20)10-21-22(30)29(24(32)34-21)12-16-17(26)5-3-6-19(16)28/h1-11H,12H2/b21-10-. The van der Waals surface area contributed by atoms with Crippen molar-refractivity contribution in [3.63, 3.8) is 0 Å². The van der Waals surface area contributed by atoms with Crippen LogP contribution >= 0.6 is 46.6 Å². The summed E-state index contributed by atoms with van der Waals surface area (Å²) in [5, 5.41) is 0.0383. The van der Waals surface area contributed by atoms with Crippen LogP contribution in [-0.4, -0.2) is 22.0 Å². The van der Waals surface area contributed by atoms with Crippen molar-refractivity contribution in [2.45, 2.75) is 6.54 Å². The minimum Gasteiger partial charge on any atom is -0.422 e. The van der Waals surface area contributed by atoms with Crippen molar-refractivity contribution in [3.05, 3.63) is 103 Å². The topological polar surface area (TPSA) is 63.7 Å². The molecule has 172 valence electrons. The third-order valence-corrected chi connectivity index (χ3v) is 6.62. The number of halogens is 4. The molecule has 1 saturated heterocycles. The molecular weight excluding hydrogens is 524 g/mol. The minimum absolute atomic E-state index is 0.0434. The van der Waals surface area contributed by atoms with Gasteiger partial charge in [-0.15, -0.1) is 0 Å². The number of esters is 1. The molecule has 10 heteroatoms. The Hall–Kier alpha value is -2.84. The zero-order valence-electron chi connectivity index (χ0n) is 17.1. The summed E-state index contributed by atoms with van der Waals surface area (Å²) < 4.78 is 19.6. The highest BCUT2D eigenvalue weighted by atomic mass is 35.5. The second-order valence-corrected chi connectivity index (χ2v) is 9.26. The van der Waals surface area contributed by atoms with Gasteiger partial charge in [-0.05, 0) is 54.2 Å². The Morgan fingerprint density at radius 3 is 2.50 bits per heavy atom. The Bertz CT molecular complexity index is 1340. The van der Waals surface area contributed by atoms with Crippen LogP contribution in [0.5, 0.6) is 5.75 Å². The fourth-order valence-corrected chi connectivity index (χ4v) is 4.66. The van der Waals surface area contributed by atoms with Gasteiger partial charge < -0.3 is 4.74 Å². The lowest BCUT2D eigenvalue weighted by Crippen LogP contribution is -2.28. The molecule has 2 amide bonds. The van der Waals surface area contributed by atoms with Crippen LogP contribution in [0.1, 0.15) is 21.5 Å². The van der Waals surface area contributed by atoms with Gasteiger partial charge >= 0.3 is 5.97 Å². The summed E-state index contributed by atoms with van der Waals surface area (Å²) >= 11 is 18.7. The summed E-state index contributed by atoms with van der Waals surface area (Å²) in [5.41, 5.74) is 0.542. The van der Waals surface area contributed by atoms with Crippen LogP contribution in [0.25, 0.3) is 6.08 Å². The highest BCUT2D eigenvalue weighted by Crippen LogP contribution is 2.36. The molecule has 0 aliphatic carbocycles. The van der Waals surface area contributed by atoms with Crippen molar-refractivity contribution in [1.82, 2.24) is 4.90 Å². The number of hydrogen-bond acceptors (Lipinski definition) is 5. The summed E-state index contributed by atoms with van der Waals surface area (Å²) in [6.45, 7) is -0.306. The average Bonchev–Trinajstić information content (AvgIpc) is 3.04. The summed E-state index contributed by atoms with van der Waals surface area (Å²) in [6.07, 6.45) is 1.43. The molecule has 4 rings (SSSR count). The predicted octanol–water partition coefficient (Wildman–Crippen LogP) is 7.24. The SMILES string of the molecule is O=C(Oc1ccccc1/C=C1\SC(=O)N(Cc2c(F)cccc2Cl)C1=O)c1ccc(Cl)cc1Cl. The second kappa shape index (κ2) is 10.2. The van der Waals surface area contributed by atoms with Gasteiger partial charge in [0.2, 0.25) is 0 Å². The highest BCUT2D eigenvalue weighted by molar-refractivity contribution is 8.18. The van der Waals surface area contributed by atoms with Crippen LogP contribution in [0.3, 0.4) is 0 Å². The zero-order valence-corrected chi connectivity index (χ0v) is 20.1. The Morgan fingerprint density at radius 1 is 1.00 bits per heavy atom. The number of amides is 2. The maximum Gasteiger partial charge on any atom is 0.345 e. The van der Waals surface area contributed by atoms with Crippen molar-refractivity contribution < 1.29 is 23.5 Å². The van der Waals surface area contributed by atoms with Crippen LogP contribution in [0.2, 0.25) is 15.1 Å². The minimum atomic E-state index is -0.718. The first-order valence-corrected chi connectivity index (χ1v) is 11.6. The monoisotopic (exact) mass is 535 g/mol. The number of nitrogens with zero attached hydrogens (tertiary/aromatic N) is 1. The van der Waals surface area contributed by atoms with E-state index in [-0.39, 0.29) is 38.4 Å². The molecule has 0 unspecified atom stereocenters. The highest BCUT2D eigenvalue weighted by Gasteiger charge is 2.36. The van der Waals surface area contributed by atoms with Crippen LogP contribution < -0.4 is 4.74 Å². The summed E-state index contributed by atoms with van der Waals surface area (Å²) in [4.78, 5) is 39.0. The quantitative estimate of drug-likeness (QED) is 0.195. The van der Waals surface area contributed by atoms with Gasteiger partial charge in [-0.1, -0.05) is 59.1 Å². The summed E-state index contributed by atoms with van der Waals surface area (Å²) in [7, 11) is 0. The van der Waals surface area contributed by atoms with Crippen LogP contribution in [0, 0.1) is 5.82 Å². The van der Waals surface area contributed by atoms with Crippen molar-refractivity contribution in [2.24, 2.45) is 0 Å². The average molecular weight is 537 g/mol. The normalized spacial score (nSPS) is 14.7. The van der Waals surface area contributed by atoms with E-state index in [9.17, 15) is 18.8 Å². The molecule has 1 heterocycles. The third-order valence-electron chi connectivity index (χ3n) is 4.81. The predicted molar refractivity (Wildman–Crippen MR) is 131 cm³/mol. The fraction of sp³-hybridized carbons (Fsp3) is 0.0417. The molecule has 3 aromatic rings. The molecule has 34 heavy (non-hydrogen) atoms. The van der Waals surface area contributed by atoms with Crippen LogP contribution in [0.4, 0.5) is 9.18 Å². The molecule has 0 spiro atoms. The van der Waals surface area contributed by atoms with Gasteiger partial charge in [0, 0.05) is 21.2 Å². The Kier molecular flexibility index (Phi) is 7.28. The first-order valence-electron chi connectivity index (χ1n) is 9.69. The number of benzene rings is 3. The maximum atomic E-state index is 14.1. The van der Waals surface area contributed by atoms with E-state index in [1.54, 1.807) is 18.2 Å². The van der Waals surface area contributed by atoms with E-state index in [2.05, 4.69) is 0 Å². The number of para-hydroxylation sites is 1. The number of carbonyl (C=O) groups is 3. The number of rotatable bonds is 5. The van der Waals surface area contributed by atoms with Gasteiger partial charge in [-0.25, -0.2) is 9.18 Å². The molecule has 5 nitrogen and oxygen atoms in total. The Labute approximate surface area is 213 Å². The first-order chi connectivity index (χ1) is 16.2. The van der Waals surface area contributed by atoms with Crippen LogP contribution in [-0.2, 0) is 11.3 Å². The largest absolute Gasteiger partial charge is 0.422 e. The van der Waals surface area contributed by atoms with Gasteiger partial charge in [0.05, 0.1) is 22.0 Å². The number of carbonyl (C=O) groups excluding carboxylic acids is 3. The van der Waals surface area contributed by atoms with E-state index in [1.807, 2.05) is 0 Å². The molecule has 0 bridgehead atoms. The Morgan fingerprint density at radius 2 is 1.76 bits per heavy atom. The molecule has 0 radical (unpaired) electrons. The first kappa shape index (κ1) is 24.3. The van der Waals surface area contributed by atoms with Gasteiger partial charge in [-0.2, -0.15) is 0 Å². The van der Waals surface area contributed by atoms with Crippen molar-refractivity contribution >= 4 is 69.8 Å². The van der Waals surface area contributed by atoms with E-state index in [1.165, 1.54) is 48.5 Å². The molecule has 0 N–H and O–H groups in total. The number of imide groups is 1. The van der Waals surface area contributed by atoms with Crippen LogP contribution in [0.15, 0.2) is 65.6 Å². The maximum absolute atomic E-state index is 14.1. The van der Waals surface area contributed by atoms with E-state index in [4.69, 9.17) is 39.5 Å². The van der Waals surface area contributed by atoms with E-state index in [0.717, 1.165) is 4.90 Å². The molecule has 0 aromatic heterocycles. The van der Waals surface area contributed by atoms with Gasteiger partial charge in [-0.3, -0.25) is 14.5 Å². The smallest absolute Gasteiger partial charge is 0.345 e. The zero-order chi connectivity index (χ0) is 24.4. The number of thioether (sulfide) groups is 1. The third kappa shape index (κ3) is 5.13. The lowest BCUT2D eigenvalue weighted by Gasteiger charge is -2.14. The molecule has 3 aromatic carbocycles. The lowest BCUT2D eigenvalue weighted by atomic mass is 10.1. The van der Waals surface area contributed by atoms with E-state index >= 15 is 0 Å². The van der Waals surface area contributed by atoms with E-state index in [0.29, 0.717) is 22.3 Å². The van der Waals surface area contributed by atoms with Crippen molar-refractivity contribution in [3.8, 4) is 5.75 Å². The molecule has 1 aliphatic rings. The summed E-state index contributed by atoms with van der Waals surface area (Å²) in [5.74, 6) is -1.79. The van der Waals surface area contributed by atoms with E-state index < -0.39 is 22.9 Å². The second-order valence-electron chi connectivity index (χ2n) is 7.02. The van der Waals surface area contributed by atoms with Gasteiger partial charge in [0.1, 0.15) is 11.6 Å². The lowest BCUT2D eigenvalue weighted by molar-refractivity contribution is -0.123. The molecular formula is C24H13Cl3FNO4S. The molecule has 0 saturated carbocycles.